The van der Waals surface area contributed by atoms with Crippen molar-refractivity contribution in [3.8, 4) is 5.75 Å². The highest BCUT2D eigenvalue weighted by Gasteiger charge is 2.47. The van der Waals surface area contributed by atoms with Crippen molar-refractivity contribution in [2.75, 3.05) is 39.3 Å². The van der Waals surface area contributed by atoms with Gasteiger partial charge in [0.05, 0.1) is 29.7 Å². The first-order valence-corrected chi connectivity index (χ1v) is 18.1. The van der Waals surface area contributed by atoms with Crippen molar-refractivity contribution in [3.05, 3.63) is 41.7 Å². The number of aromatic nitrogens is 3. The molecule has 0 unspecified atom stereocenters. The summed E-state index contributed by atoms with van der Waals surface area (Å²) in [6, 6.07) is 6.87. The van der Waals surface area contributed by atoms with Crippen molar-refractivity contribution in [1.82, 2.24) is 39.9 Å². The van der Waals surface area contributed by atoms with Crippen molar-refractivity contribution in [2.24, 2.45) is 0 Å². The summed E-state index contributed by atoms with van der Waals surface area (Å²) in [5.41, 5.74) is 0.951. The van der Waals surface area contributed by atoms with Crippen LogP contribution in [0.15, 0.2) is 30.5 Å². The Kier molecular flexibility index (Phi) is 8.99. The minimum absolute atomic E-state index is 0.0281. The number of aromatic hydroxyl groups is 1. The summed E-state index contributed by atoms with van der Waals surface area (Å²) in [5, 5.41) is 22.8. The molecule has 260 valence electrons. The van der Waals surface area contributed by atoms with Crippen LogP contribution >= 0.6 is 0 Å². The van der Waals surface area contributed by atoms with E-state index in [1.165, 1.54) is 0 Å². The molecule has 1 spiro atoms. The number of nitrogens with zero attached hydrogens (tertiary/aromatic N) is 7. The van der Waals surface area contributed by atoms with Crippen LogP contribution in [0.25, 0.3) is 0 Å². The summed E-state index contributed by atoms with van der Waals surface area (Å²) < 4.78 is 1.91. The van der Waals surface area contributed by atoms with Gasteiger partial charge in [0.25, 0.3) is 0 Å². The highest BCUT2D eigenvalue weighted by Crippen LogP contribution is 2.36. The highest BCUT2D eigenvalue weighted by molar-refractivity contribution is 5.89. The quantitative estimate of drug-likeness (QED) is 0.515. The molecule has 6 aliphatic rings. The number of phenols is 1. The van der Waals surface area contributed by atoms with E-state index in [1.54, 1.807) is 6.07 Å². The number of carbonyl (C=O) groups excluding carboxylic acids is 3. The molecule has 0 saturated carbocycles. The smallest absolute Gasteiger partial charge is 0.245 e. The number of hydrogen-bond donors (Lipinski definition) is 2. The van der Waals surface area contributed by atoms with E-state index in [2.05, 4.69) is 46.2 Å². The summed E-state index contributed by atoms with van der Waals surface area (Å²) in [4.78, 5) is 51.4. The maximum absolute atomic E-state index is 14.5. The molecule has 6 fully saturated rings. The van der Waals surface area contributed by atoms with E-state index in [0.29, 0.717) is 65.0 Å². The van der Waals surface area contributed by atoms with Crippen molar-refractivity contribution in [1.29, 1.82) is 0 Å². The monoisotopic (exact) mass is 660 g/mol. The fourth-order valence-corrected chi connectivity index (χ4v) is 8.76. The first-order chi connectivity index (χ1) is 23.0. The molecule has 8 rings (SSSR count). The molecule has 3 atom stereocenters. The number of hydrogen-bond acceptors (Lipinski definition) is 8. The number of fused-ring (bicyclic) bond motifs is 4. The van der Waals surface area contributed by atoms with Crippen LogP contribution in [-0.4, -0.2) is 120 Å². The number of nitrogens with one attached hydrogen (secondary N) is 1. The Labute approximate surface area is 283 Å². The fourth-order valence-electron chi connectivity index (χ4n) is 8.76. The number of rotatable bonds is 3. The summed E-state index contributed by atoms with van der Waals surface area (Å²) in [7, 11) is 0. The molecule has 6 saturated heterocycles. The van der Waals surface area contributed by atoms with Crippen LogP contribution < -0.4 is 5.32 Å². The van der Waals surface area contributed by atoms with Crippen LogP contribution in [0.1, 0.15) is 95.9 Å². The Bertz CT molecular complexity index is 1500. The molecule has 2 bridgehead atoms. The largest absolute Gasteiger partial charge is 0.508 e. The van der Waals surface area contributed by atoms with Gasteiger partial charge in [0.1, 0.15) is 11.8 Å². The van der Waals surface area contributed by atoms with Crippen LogP contribution in [0.2, 0.25) is 0 Å². The molecule has 0 radical (unpaired) electrons. The van der Waals surface area contributed by atoms with E-state index in [4.69, 9.17) is 0 Å². The molecule has 2 N–H and O–H groups in total. The third kappa shape index (κ3) is 6.57. The zero-order chi connectivity index (χ0) is 33.6. The molecular weight excluding hydrogens is 608 g/mol. The predicted octanol–water partition coefficient (Wildman–Crippen LogP) is 2.82. The van der Waals surface area contributed by atoms with Crippen molar-refractivity contribution in [3.63, 3.8) is 0 Å². The molecule has 1 aromatic heterocycles. The number of piperidine rings is 3. The van der Waals surface area contributed by atoms with Gasteiger partial charge in [-0.3, -0.25) is 24.2 Å². The van der Waals surface area contributed by atoms with Crippen LogP contribution in [0.4, 0.5) is 0 Å². The van der Waals surface area contributed by atoms with Crippen molar-refractivity contribution < 1.29 is 19.5 Å². The first-order valence-electron chi connectivity index (χ1n) is 18.1. The van der Waals surface area contributed by atoms with Gasteiger partial charge in [-0.15, -0.1) is 5.10 Å². The van der Waals surface area contributed by atoms with Gasteiger partial charge in [-0.1, -0.05) is 44.2 Å². The lowest BCUT2D eigenvalue weighted by Crippen LogP contribution is -2.63. The second-order valence-corrected chi connectivity index (χ2v) is 15.9. The van der Waals surface area contributed by atoms with Crippen LogP contribution in [-0.2, 0) is 26.3 Å². The second kappa shape index (κ2) is 13.1. The zero-order valence-corrected chi connectivity index (χ0v) is 28.8. The molecule has 12 heteroatoms. The van der Waals surface area contributed by atoms with Gasteiger partial charge in [-0.25, -0.2) is 4.68 Å². The predicted molar refractivity (Wildman–Crippen MR) is 180 cm³/mol. The molecule has 6 aliphatic heterocycles. The maximum atomic E-state index is 14.5. The maximum Gasteiger partial charge on any atom is 0.245 e. The molecule has 0 aliphatic carbocycles. The fraction of sp³-hybridized carbons (Fsp3) is 0.694. The van der Waals surface area contributed by atoms with Gasteiger partial charge in [-0.05, 0) is 64.0 Å². The number of carbonyl (C=O) groups is 3. The van der Waals surface area contributed by atoms with Gasteiger partial charge in [-0.2, -0.15) is 0 Å². The number of para-hydroxylation sites is 1. The van der Waals surface area contributed by atoms with E-state index in [-0.39, 0.29) is 53.4 Å². The third-order valence-corrected chi connectivity index (χ3v) is 11.8. The van der Waals surface area contributed by atoms with Crippen molar-refractivity contribution >= 4 is 17.7 Å². The molecule has 12 nitrogen and oxygen atoms in total. The Morgan fingerprint density at radius 2 is 1.65 bits per heavy atom. The normalized spacial score (nSPS) is 28.0. The first kappa shape index (κ1) is 33.0. The number of phenolic OH excluding ortho intramolecular Hbond substituents is 1. The minimum Gasteiger partial charge on any atom is -0.508 e. The molecule has 2 aromatic rings. The van der Waals surface area contributed by atoms with Crippen molar-refractivity contribution in [2.45, 2.75) is 120 Å². The zero-order valence-electron chi connectivity index (χ0n) is 28.8. The lowest BCUT2D eigenvalue weighted by atomic mass is 9.82. The van der Waals surface area contributed by atoms with Gasteiger partial charge < -0.3 is 20.2 Å². The number of amides is 3. The van der Waals surface area contributed by atoms with E-state index in [9.17, 15) is 19.5 Å². The number of benzene rings is 1. The second-order valence-electron chi connectivity index (χ2n) is 15.9. The molecule has 48 heavy (non-hydrogen) atoms. The summed E-state index contributed by atoms with van der Waals surface area (Å²) in [6.45, 7) is 11.0. The van der Waals surface area contributed by atoms with Crippen LogP contribution in [0.3, 0.4) is 0 Å². The molecule has 7 heterocycles. The Hall–Kier alpha value is -3.51. The Morgan fingerprint density at radius 3 is 2.35 bits per heavy atom. The van der Waals surface area contributed by atoms with Gasteiger partial charge in [0, 0.05) is 62.5 Å². The lowest BCUT2D eigenvalue weighted by Gasteiger charge is -2.47. The minimum atomic E-state index is -0.695. The Balaban J connectivity index is 1.16. The molecular formula is C36H52N8O4. The topological polar surface area (TPSA) is 127 Å². The van der Waals surface area contributed by atoms with E-state index < -0.39 is 11.6 Å². The average Bonchev–Trinajstić information content (AvgIpc) is 3.77. The summed E-state index contributed by atoms with van der Waals surface area (Å²) in [6.07, 6.45) is 8.10. The average molecular weight is 661 g/mol. The number of likely N-dealkylation sites (tertiary alicyclic amines) is 1. The van der Waals surface area contributed by atoms with Gasteiger partial charge >= 0.3 is 0 Å². The summed E-state index contributed by atoms with van der Waals surface area (Å²) >= 11 is 0. The summed E-state index contributed by atoms with van der Waals surface area (Å²) in [5.74, 6) is 0.296. The lowest BCUT2D eigenvalue weighted by molar-refractivity contribution is -0.152. The molecule has 3 amide bonds. The third-order valence-electron chi connectivity index (χ3n) is 11.8. The van der Waals surface area contributed by atoms with E-state index in [0.717, 1.165) is 43.5 Å². The molecule has 1 aromatic carbocycles. The van der Waals surface area contributed by atoms with Gasteiger partial charge in [0.15, 0.2) is 0 Å². The highest BCUT2D eigenvalue weighted by atomic mass is 16.3. The Morgan fingerprint density at radius 1 is 0.917 bits per heavy atom. The van der Waals surface area contributed by atoms with Gasteiger partial charge in [0.2, 0.25) is 17.7 Å². The van der Waals surface area contributed by atoms with E-state index in [1.807, 2.05) is 38.9 Å². The van der Waals surface area contributed by atoms with Crippen LogP contribution in [0.5, 0.6) is 5.75 Å². The standard InChI is InChI=1S/C36H52N8O4/c1-35(2,3)31-24-44(39-38-31)27-12-18-43-29(21-27)34(48)41-16-10-26(11-17-41)42-15-6-8-28(42)33(47)37-36(22-32(43)46)13-19-40(20-14-36)23-25-7-4-5-9-30(25)45/h4-5,7,9,24,26-29,45H,6,8,10-23H2,1-3H3,(H,37,47)/t27-,28+,29+/m1/s1. The van der Waals surface area contributed by atoms with Crippen LogP contribution in [0, 0.1) is 0 Å². The van der Waals surface area contributed by atoms with E-state index >= 15 is 0 Å². The SMILES string of the molecule is CC(C)(C)c1cn([C@@H]2CCN3C(=O)CC4(CCN(Cc5ccccc5O)CC4)NC(=O)[C@@H]4CCCN4C4CCN(CC4)C(=O)[C@@H]3C2)nn1.